The number of ether oxygens (including phenoxy) is 2. The number of amides is 4. The fourth-order valence-electron chi connectivity index (χ4n) is 19.9. The molecule has 4 amide bonds. The Morgan fingerprint density at radius 2 is 0.463 bits per heavy atom. The molecule has 10 aromatic heterocycles. The summed E-state index contributed by atoms with van der Waals surface area (Å²) in [6.07, 6.45) is 42.4. The van der Waals surface area contributed by atoms with Crippen LogP contribution in [0.1, 0.15) is 343 Å². The standard InChI is InChI=1S/C114H146N4O6S10/c1-13-25-33-37-39-43-67-123-107-81-69-97(91-61-65-95(131-91)105-101-99(111(119)117(105)73-77(23-11)47-31-19-7)103(115(113(101)121)71-75(21-9)45-29-17-5)93-63-59-89(129-93)87-57-55-85(127-87)83-53-51-79(125-83)49-41-35-27-15-3)134-110(81)108(124-68-44-40-38-34-26-14-2)82-70-98(133-109(82)107)92-62-66-96(132-92)106-102-100(112(120)118(106)74-78(24-12)48-32-20-8)104(116(114(102)122)72-76(22-10)46-30-18-6)94-64-60-90(130-94)88-58-56-86(128-88)84-54-52-80(126-84)50-42-36-28-16-4/h51-66,69-70,75-78H,13-50,67-68,71-74H2,1-12H3. The van der Waals surface area contributed by atoms with Crippen molar-refractivity contribution in [2.75, 3.05) is 39.4 Å². The lowest BCUT2D eigenvalue weighted by Crippen LogP contribution is -2.34. The highest BCUT2D eigenvalue weighted by atomic mass is 32.1. The van der Waals surface area contributed by atoms with Gasteiger partial charge in [-0.15, -0.1) is 113 Å². The van der Waals surface area contributed by atoms with Crippen LogP contribution in [0, 0.1) is 23.7 Å². The zero-order chi connectivity index (χ0) is 93.7. The van der Waals surface area contributed by atoms with Crippen LogP contribution in [0.15, 0.2) is 131 Å². The minimum atomic E-state index is -0.0585. The maximum absolute atomic E-state index is 16.3. The molecule has 10 nitrogen and oxygen atoms in total. The Kier molecular flexibility index (Phi) is 37.8. The molecule has 134 heavy (non-hydrogen) atoms. The molecule has 11 aromatic rings. The van der Waals surface area contributed by atoms with Crippen molar-refractivity contribution in [3.63, 3.8) is 0 Å². The number of unbranched alkanes of at least 4 members (excludes halogenated alkanes) is 20. The van der Waals surface area contributed by atoms with Crippen molar-refractivity contribution in [2.45, 2.75) is 327 Å². The highest BCUT2D eigenvalue weighted by Gasteiger charge is 2.52. The molecule has 1 aromatic carbocycles. The smallest absolute Gasteiger partial charge is 0.261 e. The molecule has 0 spiro atoms. The van der Waals surface area contributed by atoms with E-state index < -0.39 is 0 Å². The van der Waals surface area contributed by atoms with Crippen LogP contribution in [-0.4, -0.2) is 82.6 Å². The van der Waals surface area contributed by atoms with Gasteiger partial charge in [0.2, 0.25) is 0 Å². The zero-order valence-corrected chi connectivity index (χ0v) is 90.3. The zero-order valence-electron chi connectivity index (χ0n) is 82.1. The SMILES string of the molecule is CCCCCCCCOc1c2cc(-c3ccc(C4=C5C(=O)N(CC(CC)CCCC)C(c6ccc(-c7ccc(-c8ccc(CCCCCC)s8)s7)s6)=C5C(=O)N4CC(CC)CCCC)s3)sc2c(OCCCCCCCC)c2cc(-c3ccc(C4=C5C(=O)N(CC(CC)CCCC)C(c6ccc(-c7ccc(-c8ccc(CCCCCC)s8)s7)s6)=C5C(=O)N4CC(CC)CCCC)s3)sc12. The lowest BCUT2D eigenvalue weighted by molar-refractivity contribution is -0.124. The van der Waals surface area contributed by atoms with E-state index in [2.05, 4.69) is 192 Å². The number of rotatable bonds is 60. The van der Waals surface area contributed by atoms with Gasteiger partial charge in [-0.05, 0) is 197 Å². The summed E-state index contributed by atoms with van der Waals surface area (Å²) in [7, 11) is 0. The van der Waals surface area contributed by atoms with E-state index in [1.165, 1.54) is 142 Å². The van der Waals surface area contributed by atoms with Crippen molar-refractivity contribution < 1.29 is 28.7 Å². The molecule has 0 aliphatic carbocycles. The lowest BCUT2D eigenvalue weighted by atomic mass is 9.98. The van der Waals surface area contributed by atoms with Gasteiger partial charge in [0.1, 0.15) is 11.5 Å². The summed E-state index contributed by atoms with van der Waals surface area (Å²) in [5.74, 6) is 2.57. The summed E-state index contributed by atoms with van der Waals surface area (Å²) in [5.41, 5.74) is 5.32. The summed E-state index contributed by atoms with van der Waals surface area (Å²) >= 11 is 17.9. The van der Waals surface area contributed by atoms with E-state index in [0.29, 0.717) is 61.7 Å². The highest BCUT2D eigenvalue weighted by molar-refractivity contribution is 7.29. The number of carbonyl (C=O) groups is 4. The van der Waals surface area contributed by atoms with Crippen molar-refractivity contribution in [1.82, 2.24) is 19.6 Å². The predicted molar refractivity (Wildman–Crippen MR) is 587 cm³/mol. The maximum atomic E-state index is 16.3. The molecule has 4 unspecified atom stereocenters. The Morgan fingerprint density at radius 3 is 0.731 bits per heavy atom. The Bertz CT molecular complexity index is 5470. The molecule has 718 valence electrons. The van der Waals surface area contributed by atoms with E-state index in [9.17, 15) is 0 Å². The second kappa shape index (κ2) is 49.8. The molecule has 0 saturated carbocycles. The fourth-order valence-corrected chi connectivity index (χ4v) is 31.1. The van der Waals surface area contributed by atoms with Crippen LogP contribution < -0.4 is 9.47 Å². The molecular formula is C114H146N4O6S10. The predicted octanol–water partition coefficient (Wildman–Crippen LogP) is 36.8. The third-order valence-electron chi connectivity index (χ3n) is 28.1. The second-order valence-corrected chi connectivity index (χ2v) is 48.9. The summed E-state index contributed by atoms with van der Waals surface area (Å²) < 4.78 is 16.9. The van der Waals surface area contributed by atoms with E-state index in [1.807, 2.05) is 64.9 Å². The fraction of sp³-hybridized carbons (Fsp3) is 0.526. The number of hydrogen-bond acceptors (Lipinski definition) is 16. The summed E-state index contributed by atoms with van der Waals surface area (Å²) in [6.45, 7) is 30.5. The Labute approximate surface area is 841 Å². The lowest BCUT2D eigenvalue weighted by Gasteiger charge is -2.29. The van der Waals surface area contributed by atoms with Crippen molar-refractivity contribution in [1.29, 1.82) is 0 Å². The van der Waals surface area contributed by atoms with E-state index in [0.717, 1.165) is 244 Å². The third kappa shape index (κ3) is 23.4. The summed E-state index contributed by atoms with van der Waals surface area (Å²) in [4.78, 5) is 94.2. The molecular weight excluding hydrogens is 1840 g/mol. The molecule has 0 bridgehead atoms. The van der Waals surface area contributed by atoms with Gasteiger partial charge in [0.05, 0.1) is 87.2 Å². The number of nitrogens with zero attached hydrogens (tertiary/aromatic N) is 4. The van der Waals surface area contributed by atoms with Gasteiger partial charge in [-0.25, -0.2) is 0 Å². The normalized spacial score (nSPS) is 15.2. The van der Waals surface area contributed by atoms with E-state index in [1.54, 1.807) is 68.0 Å². The number of benzene rings is 1. The average molecular weight is 1990 g/mol. The van der Waals surface area contributed by atoms with Gasteiger partial charge in [-0.2, -0.15) is 0 Å². The molecule has 4 aliphatic rings. The molecule has 0 fully saturated rings. The highest BCUT2D eigenvalue weighted by Crippen LogP contribution is 2.58. The van der Waals surface area contributed by atoms with Gasteiger partial charge in [0.25, 0.3) is 23.6 Å². The molecule has 14 heterocycles. The van der Waals surface area contributed by atoms with Crippen molar-refractivity contribution in [3.05, 3.63) is 161 Å². The van der Waals surface area contributed by atoms with Crippen LogP contribution >= 0.6 is 113 Å². The largest absolute Gasteiger partial charge is 0.491 e. The Morgan fingerprint density at radius 1 is 0.239 bits per heavy atom. The van der Waals surface area contributed by atoms with E-state index in [-0.39, 0.29) is 47.3 Å². The molecule has 15 rings (SSSR count). The Balaban J connectivity index is 0.832. The number of aryl methyl sites for hydroxylation is 2. The van der Waals surface area contributed by atoms with Crippen LogP contribution in [0.25, 0.3) is 101 Å². The molecule has 4 aliphatic heterocycles. The van der Waals surface area contributed by atoms with Crippen LogP contribution in [-0.2, 0) is 32.0 Å². The molecule has 0 saturated heterocycles. The van der Waals surface area contributed by atoms with Gasteiger partial charge in [-0.3, -0.25) is 19.2 Å². The summed E-state index contributed by atoms with van der Waals surface area (Å²) in [5, 5.41) is 2.06. The van der Waals surface area contributed by atoms with Gasteiger partial charge in [-0.1, -0.05) is 263 Å². The summed E-state index contributed by atoms with van der Waals surface area (Å²) in [6, 6.07) is 40.8. The van der Waals surface area contributed by atoms with Crippen LogP contribution in [0.3, 0.4) is 0 Å². The number of fused-ring (bicyclic) bond motifs is 4. The van der Waals surface area contributed by atoms with Gasteiger partial charge in [0.15, 0.2) is 0 Å². The van der Waals surface area contributed by atoms with Crippen molar-refractivity contribution in [2.24, 2.45) is 23.7 Å². The van der Waals surface area contributed by atoms with Crippen molar-refractivity contribution in [3.8, 4) is 70.0 Å². The van der Waals surface area contributed by atoms with Crippen LogP contribution in [0.5, 0.6) is 11.5 Å². The number of thiophene rings is 10. The minimum Gasteiger partial charge on any atom is -0.491 e. The number of hydrogen-bond donors (Lipinski definition) is 0. The molecule has 0 radical (unpaired) electrons. The first-order valence-corrected chi connectivity index (χ1v) is 60.1. The average Bonchev–Trinajstić information content (AvgIpc) is 1.55. The first-order chi connectivity index (χ1) is 65.6. The van der Waals surface area contributed by atoms with Crippen LogP contribution in [0.4, 0.5) is 0 Å². The molecule has 0 N–H and O–H groups in total. The quantitative estimate of drug-likeness (QED) is 0.0352. The van der Waals surface area contributed by atoms with Crippen LogP contribution in [0.2, 0.25) is 0 Å². The first-order valence-electron chi connectivity index (χ1n) is 52.0. The van der Waals surface area contributed by atoms with Gasteiger partial charge < -0.3 is 29.1 Å². The van der Waals surface area contributed by atoms with E-state index >= 15 is 19.2 Å². The topological polar surface area (TPSA) is 99.7 Å². The van der Waals surface area contributed by atoms with E-state index in [4.69, 9.17) is 9.47 Å². The first kappa shape index (κ1) is 102. The maximum Gasteiger partial charge on any atom is 0.261 e. The van der Waals surface area contributed by atoms with Gasteiger partial charge in [0, 0.05) is 105 Å². The second-order valence-electron chi connectivity index (χ2n) is 38.0. The minimum absolute atomic E-state index is 0.0585. The monoisotopic (exact) mass is 1990 g/mol. The molecule has 4 atom stereocenters. The Hall–Kier alpha value is -6.82. The number of carbonyl (C=O) groups excluding carboxylic acids is 4. The molecule has 20 heteroatoms. The van der Waals surface area contributed by atoms with Crippen molar-refractivity contribution >= 4 is 180 Å². The third-order valence-corrected chi connectivity index (χ3v) is 40.3. The van der Waals surface area contributed by atoms with Gasteiger partial charge >= 0.3 is 0 Å².